The van der Waals surface area contributed by atoms with Crippen LogP contribution >= 0.6 is 0 Å². The Hall–Kier alpha value is -3.72. The predicted octanol–water partition coefficient (Wildman–Crippen LogP) is 6.84. The standard InChI is InChI=1S/C27H22O3/c1-28-19-7-4-17(5-8-19)18-6-11-22-23-12-9-20(29-2)15-26(23)27-16-21(30-3)10-13-24(27)25(22)14-18/h4-16H,1-3H3. The van der Waals surface area contributed by atoms with Crippen molar-refractivity contribution in [1.29, 1.82) is 0 Å². The smallest absolute Gasteiger partial charge is 0.119 e. The number of benzene rings is 5. The fraction of sp³-hybridized carbons (Fsp3) is 0.111. The molecule has 0 aliphatic rings. The predicted molar refractivity (Wildman–Crippen MR) is 124 cm³/mol. The molecule has 0 unspecified atom stereocenters. The number of fused-ring (bicyclic) bond motifs is 6. The Morgan fingerprint density at radius 3 is 1.30 bits per heavy atom. The minimum Gasteiger partial charge on any atom is -0.497 e. The van der Waals surface area contributed by atoms with Crippen LogP contribution in [0.5, 0.6) is 17.2 Å². The molecule has 0 aromatic heterocycles. The van der Waals surface area contributed by atoms with E-state index in [9.17, 15) is 0 Å². The zero-order valence-corrected chi connectivity index (χ0v) is 17.2. The van der Waals surface area contributed by atoms with Gasteiger partial charge in [-0.2, -0.15) is 0 Å². The van der Waals surface area contributed by atoms with E-state index >= 15 is 0 Å². The van der Waals surface area contributed by atoms with Crippen LogP contribution in [0.3, 0.4) is 0 Å². The second kappa shape index (κ2) is 7.27. The Bertz CT molecular complexity index is 1390. The quantitative estimate of drug-likeness (QED) is 0.312. The SMILES string of the molecule is COc1ccc(-c2ccc3c4ccc(OC)cc4c4cc(OC)ccc4c3c2)cc1. The molecule has 5 rings (SSSR count). The molecule has 0 saturated heterocycles. The van der Waals surface area contributed by atoms with E-state index in [1.165, 1.54) is 27.1 Å². The lowest BCUT2D eigenvalue weighted by molar-refractivity contribution is 0.415. The van der Waals surface area contributed by atoms with Gasteiger partial charge >= 0.3 is 0 Å². The number of methoxy groups -OCH3 is 3. The van der Waals surface area contributed by atoms with Crippen molar-refractivity contribution in [3.05, 3.63) is 78.9 Å². The van der Waals surface area contributed by atoms with Gasteiger partial charge in [0.1, 0.15) is 17.2 Å². The molecular formula is C27H22O3. The van der Waals surface area contributed by atoms with Gasteiger partial charge in [0.05, 0.1) is 21.3 Å². The van der Waals surface area contributed by atoms with E-state index in [2.05, 4.69) is 54.6 Å². The molecule has 0 aliphatic carbocycles. The van der Waals surface area contributed by atoms with Crippen LogP contribution in [0.2, 0.25) is 0 Å². The van der Waals surface area contributed by atoms with E-state index in [-0.39, 0.29) is 0 Å². The van der Waals surface area contributed by atoms with Gasteiger partial charge in [-0.3, -0.25) is 0 Å². The van der Waals surface area contributed by atoms with E-state index in [1.54, 1.807) is 21.3 Å². The highest BCUT2D eigenvalue weighted by Gasteiger charge is 2.12. The van der Waals surface area contributed by atoms with Crippen LogP contribution < -0.4 is 14.2 Å². The summed E-state index contributed by atoms with van der Waals surface area (Å²) < 4.78 is 16.3. The number of rotatable bonds is 4. The van der Waals surface area contributed by atoms with Crippen molar-refractivity contribution in [3.63, 3.8) is 0 Å². The largest absolute Gasteiger partial charge is 0.497 e. The third-order valence-electron chi connectivity index (χ3n) is 5.77. The van der Waals surface area contributed by atoms with Crippen molar-refractivity contribution in [1.82, 2.24) is 0 Å². The van der Waals surface area contributed by atoms with E-state index in [4.69, 9.17) is 14.2 Å². The molecule has 0 aliphatic heterocycles. The van der Waals surface area contributed by atoms with Gasteiger partial charge in [0.25, 0.3) is 0 Å². The summed E-state index contributed by atoms with van der Waals surface area (Å²) in [4.78, 5) is 0. The van der Waals surface area contributed by atoms with Crippen molar-refractivity contribution in [3.8, 4) is 28.4 Å². The van der Waals surface area contributed by atoms with Gasteiger partial charge in [0.15, 0.2) is 0 Å². The first-order chi connectivity index (χ1) is 14.7. The first kappa shape index (κ1) is 18.3. The van der Waals surface area contributed by atoms with Crippen LogP contribution in [0.25, 0.3) is 43.4 Å². The lowest BCUT2D eigenvalue weighted by atomic mass is 9.92. The van der Waals surface area contributed by atoms with E-state index in [1.807, 2.05) is 24.3 Å². The molecule has 0 amide bonds. The Morgan fingerprint density at radius 1 is 0.367 bits per heavy atom. The highest BCUT2D eigenvalue weighted by Crippen LogP contribution is 2.39. The Balaban J connectivity index is 1.84. The average molecular weight is 394 g/mol. The Kier molecular flexibility index (Phi) is 4.44. The molecule has 5 aromatic carbocycles. The maximum atomic E-state index is 5.51. The average Bonchev–Trinajstić information content (AvgIpc) is 2.83. The summed E-state index contributed by atoms with van der Waals surface area (Å²) in [6.07, 6.45) is 0. The van der Waals surface area contributed by atoms with Gasteiger partial charge in [0.2, 0.25) is 0 Å². The first-order valence-corrected chi connectivity index (χ1v) is 9.87. The monoisotopic (exact) mass is 394 g/mol. The Labute approximate surface area is 175 Å². The summed E-state index contributed by atoms with van der Waals surface area (Å²) >= 11 is 0. The molecule has 0 radical (unpaired) electrons. The van der Waals surface area contributed by atoms with Crippen LogP contribution in [-0.2, 0) is 0 Å². The zero-order valence-electron chi connectivity index (χ0n) is 17.2. The fourth-order valence-corrected chi connectivity index (χ4v) is 4.18. The maximum Gasteiger partial charge on any atom is 0.119 e. The van der Waals surface area contributed by atoms with E-state index in [0.717, 1.165) is 33.6 Å². The normalized spacial score (nSPS) is 11.2. The summed E-state index contributed by atoms with van der Waals surface area (Å²) in [7, 11) is 5.09. The number of hydrogen-bond acceptors (Lipinski definition) is 3. The molecule has 0 bridgehead atoms. The fourth-order valence-electron chi connectivity index (χ4n) is 4.18. The number of ether oxygens (including phenoxy) is 3. The van der Waals surface area contributed by atoms with Crippen molar-refractivity contribution in [2.45, 2.75) is 0 Å². The molecule has 3 heteroatoms. The van der Waals surface area contributed by atoms with Gasteiger partial charge in [-0.25, -0.2) is 0 Å². The van der Waals surface area contributed by atoms with Gasteiger partial charge < -0.3 is 14.2 Å². The van der Waals surface area contributed by atoms with Crippen molar-refractivity contribution >= 4 is 32.3 Å². The molecular weight excluding hydrogens is 372 g/mol. The van der Waals surface area contributed by atoms with Crippen molar-refractivity contribution < 1.29 is 14.2 Å². The van der Waals surface area contributed by atoms with Gasteiger partial charge in [-0.05, 0) is 85.9 Å². The summed E-state index contributed by atoms with van der Waals surface area (Å²) in [6.45, 7) is 0. The topological polar surface area (TPSA) is 27.7 Å². The Morgan fingerprint density at radius 2 is 0.767 bits per heavy atom. The lowest BCUT2D eigenvalue weighted by Crippen LogP contribution is -1.89. The molecule has 0 spiro atoms. The highest BCUT2D eigenvalue weighted by atomic mass is 16.5. The highest BCUT2D eigenvalue weighted by molar-refractivity contribution is 6.26. The number of hydrogen-bond donors (Lipinski definition) is 0. The third kappa shape index (κ3) is 2.91. The molecule has 148 valence electrons. The summed E-state index contributed by atoms with van der Waals surface area (Å²) in [5.74, 6) is 2.55. The molecule has 0 saturated carbocycles. The van der Waals surface area contributed by atoms with Crippen LogP contribution in [0.4, 0.5) is 0 Å². The van der Waals surface area contributed by atoms with E-state index in [0.29, 0.717) is 0 Å². The minimum absolute atomic E-state index is 0.845. The molecule has 0 N–H and O–H groups in total. The lowest BCUT2D eigenvalue weighted by Gasteiger charge is -2.14. The maximum absolute atomic E-state index is 5.51. The summed E-state index contributed by atoms with van der Waals surface area (Å²) in [5.41, 5.74) is 2.34. The molecule has 3 nitrogen and oxygen atoms in total. The zero-order chi connectivity index (χ0) is 20.7. The van der Waals surface area contributed by atoms with Gasteiger partial charge in [0, 0.05) is 0 Å². The van der Waals surface area contributed by atoms with Gasteiger partial charge in [-0.15, -0.1) is 0 Å². The molecule has 30 heavy (non-hydrogen) atoms. The van der Waals surface area contributed by atoms with Crippen LogP contribution in [0.15, 0.2) is 78.9 Å². The summed E-state index contributed by atoms with van der Waals surface area (Å²) in [5, 5.41) is 7.16. The molecule has 0 fully saturated rings. The van der Waals surface area contributed by atoms with Crippen molar-refractivity contribution in [2.75, 3.05) is 21.3 Å². The van der Waals surface area contributed by atoms with Crippen molar-refractivity contribution in [2.24, 2.45) is 0 Å². The minimum atomic E-state index is 0.845. The molecule has 5 aromatic rings. The first-order valence-electron chi connectivity index (χ1n) is 9.87. The van der Waals surface area contributed by atoms with Crippen LogP contribution in [0.1, 0.15) is 0 Å². The van der Waals surface area contributed by atoms with Crippen LogP contribution in [0, 0.1) is 0 Å². The second-order valence-corrected chi connectivity index (χ2v) is 7.31. The molecule has 0 atom stereocenters. The van der Waals surface area contributed by atoms with Crippen LogP contribution in [-0.4, -0.2) is 21.3 Å². The molecule has 0 heterocycles. The second-order valence-electron chi connectivity index (χ2n) is 7.31. The summed E-state index contributed by atoms with van der Waals surface area (Å²) in [6, 6.07) is 27.4. The third-order valence-corrected chi connectivity index (χ3v) is 5.77. The van der Waals surface area contributed by atoms with E-state index < -0.39 is 0 Å². The van der Waals surface area contributed by atoms with Gasteiger partial charge in [-0.1, -0.05) is 36.4 Å².